The van der Waals surface area contributed by atoms with E-state index in [9.17, 15) is 0 Å². The molecule has 0 aliphatic rings. The Hall–Kier alpha value is -1.08. The van der Waals surface area contributed by atoms with E-state index < -0.39 is 0 Å². The highest BCUT2D eigenvalue weighted by Gasteiger charge is 2.04. The number of aryl methyl sites for hydroxylation is 3. The van der Waals surface area contributed by atoms with Crippen molar-refractivity contribution in [2.75, 3.05) is 0 Å². The lowest BCUT2D eigenvalue weighted by Crippen LogP contribution is -1.89. The van der Waals surface area contributed by atoms with Gasteiger partial charge in [0, 0.05) is 11.1 Å². The van der Waals surface area contributed by atoms with E-state index in [1.165, 1.54) is 11.1 Å². The Morgan fingerprint density at radius 1 is 1.00 bits per heavy atom. The van der Waals surface area contributed by atoms with Crippen LogP contribution in [0.5, 0.6) is 0 Å². The van der Waals surface area contributed by atoms with Crippen LogP contribution in [0.2, 0.25) is 5.02 Å². The zero-order valence-electron chi connectivity index (χ0n) is 10.6. The van der Waals surface area contributed by atoms with E-state index in [-0.39, 0.29) is 0 Å². The molecule has 0 saturated heterocycles. The van der Waals surface area contributed by atoms with Gasteiger partial charge in [0.25, 0.3) is 0 Å². The molecule has 0 N–H and O–H groups in total. The van der Waals surface area contributed by atoms with Crippen LogP contribution in [-0.4, -0.2) is 4.98 Å². The van der Waals surface area contributed by atoms with E-state index >= 15 is 0 Å². The summed E-state index contributed by atoms with van der Waals surface area (Å²) in [7, 11) is 0. The zero-order valence-corrected chi connectivity index (χ0v) is 11.3. The van der Waals surface area contributed by atoms with Crippen LogP contribution in [0.3, 0.4) is 0 Å². The summed E-state index contributed by atoms with van der Waals surface area (Å²) >= 11 is 6.14. The van der Waals surface area contributed by atoms with Gasteiger partial charge < -0.3 is 0 Å². The lowest BCUT2D eigenvalue weighted by molar-refractivity contribution is 1.23. The third-order valence-electron chi connectivity index (χ3n) is 2.35. The maximum absolute atomic E-state index is 6.14. The van der Waals surface area contributed by atoms with Crippen molar-refractivity contribution in [2.24, 2.45) is 0 Å². The Morgan fingerprint density at radius 2 is 1.62 bits per heavy atom. The Bertz CT molecular complexity index is 456. The SMILES string of the molecule is CC.Cc1cc(Cl)c2nc(C)cc(C)c2c1. The molecule has 0 bridgehead atoms. The maximum Gasteiger partial charge on any atom is 0.0894 e. The van der Waals surface area contributed by atoms with E-state index in [0.29, 0.717) is 0 Å². The number of nitrogens with zero attached hydrogens (tertiary/aromatic N) is 1. The van der Waals surface area contributed by atoms with E-state index in [1.807, 2.05) is 33.8 Å². The van der Waals surface area contributed by atoms with Crippen molar-refractivity contribution >= 4 is 22.5 Å². The highest BCUT2D eigenvalue weighted by molar-refractivity contribution is 6.35. The Labute approximate surface area is 102 Å². The van der Waals surface area contributed by atoms with Crippen LogP contribution >= 0.6 is 11.6 Å². The molecule has 0 spiro atoms. The number of hydrogen-bond acceptors (Lipinski definition) is 1. The molecule has 0 aliphatic heterocycles. The van der Waals surface area contributed by atoms with E-state index in [4.69, 9.17) is 11.6 Å². The number of halogens is 1. The van der Waals surface area contributed by atoms with Gasteiger partial charge in [-0.2, -0.15) is 0 Å². The molecule has 2 heteroatoms. The molecular weight excluding hydrogens is 218 g/mol. The molecule has 2 aromatic rings. The molecule has 1 aromatic carbocycles. The fourth-order valence-corrected chi connectivity index (χ4v) is 2.06. The number of rotatable bonds is 0. The van der Waals surface area contributed by atoms with Crippen LogP contribution < -0.4 is 0 Å². The molecule has 86 valence electrons. The average Bonchev–Trinajstić information content (AvgIpc) is 2.23. The van der Waals surface area contributed by atoms with Crippen molar-refractivity contribution in [3.63, 3.8) is 0 Å². The fraction of sp³-hybridized carbons (Fsp3) is 0.357. The predicted octanol–water partition coefficient (Wildman–Crippen LogP) is 4.84. The van der Waals surface area contributed by atoms with Crippen LogP contribution in [0, 0.1) is 20.8 Å². The van der Waals surface area contributed by atoms with E-state index in [1.54, 1.807) is 0 Å². The quantitative estimate of drug-likeness (QED) is 0.637. The van der Waals surface area contributed by atoms with Gasteiger partial charge in [0.2, 0.25) is 0 Å². The van der Waals surface area contributed by atoms with Crippen molar-refractivity contribution < 1.29 is 0 Å². The first-order valence-electron chi connectivity index (χ1n) is 5.62. The van der Waals surface area contributed by atoms with Gasteiger partial charge in [-0.05, 0) is 50.1 Å². The number of aromatic nitrogens is 1. The van der Waals surface area contributed by atoms with Crippen molar-refractivity contribution in [3.8, 4) is 0 Å². The highest BCUT2D eigenvalue weighted by atomic mass is 35.5. The summed E-state index contributed by atoms with van der Waals surface area (Å²) in [5, 5.41) is 1.90. The standard InChI is InChI=1S/C12H12ClN.C2H6/c1-7-4-10-8(2)6-9(3)14-12(10)11(13)5-7;1-2/h4-6H,1-3H3;1-2H3. The topological polar surface area (TPSA) is 12.9 Å². The number of pyridine rings is 1. The predicted molar refractivity (Wildman–Crippen MR) is 72.3 cm³/mol. The lowest BCUT2D eigenvalue weighted by Gasteiger charge is -2.06. The first kappa shape index (κ1) is 13.0. The first-order valence-corrected chi connectivity index (χ1v) is 6.00. The van der Waals surface area contributed by atoms with Crippen molar-refractivity contribution in [1.29, 1.82) is 0 Å². The summed E-state index contributed by atoms with van der Waals surface area (Å²) < 4.78 is 0. The fourth-order valence-electron chi connectivity index (χ4n) is 1.75. The molecule has 0 saturated carbocycles. The second-order valence-corrected chi connectivity index (χ2v) is 4.13. The minimum Gasteiger partial charge on any atom is -0.252 e. The summed E-state index contributed by atoms with van der Waals surface area (Å²) in [6, 6.07) is 6.16. The van der Waals surface area contributed by atoms with Gasteiger partial charge in [-0.3, -0.25) is 4.98 Å². The Balaban J connectivity index is 0.000000606. The second kappa shape index (κ2) is 5.31. The Kier molecular flexibility index (Phi) is 4.31. The molecule has 0 radical (unpaired) electrons. The molecule has 0 atom stereocenters. The normalized spacial score (nSPS) is 9.88. The largest absolute Gasteiger partial charge is 0.252 e. The molecule has 2 rings (SSSR count). The minimum atomic E-state index is 0.742. The van der Waals surface area contributed by atoms with Crippen molar-refractivity contribution in [1.82, 2.24) is 4.98 Å². The van der Waals surface area contributed by atoms with Gasteiger partial charge in [0.1, 0.15) is 0 Å². The summed E-state index contributed by atoms with van der Waals surface area (Å²) in [6.45, 7) is 10.1. The molecule has 0 aliphatic carbocycles. The van der Waals surface area contributed by atoms with Gasteiger partial charge in [-0.15, -0.1) is 0 Å². The lowest BCUT2D eigenvalue weighted by atomic mass is 10.1. The molecule has 0 fully saturated rings. The molecule has 1 nitrogen and oxygen atoms in total. The average molecular weight is 236 g/mol. The van der Waals surface area contributed by atoms with Crippen molar-refractivity contribution in [2.45, 2.75) is 34.6 Å². The molecule has 1 heterocycles. The molecule has 1 aromatic heterocycles. The van der Waals surface area contributed by atoms with Gasteiger partial charge in [0.15, 0.2) is 0 Å². The number of benzene rings is 1. The maximum atomic E-state index is 6.14. The van der Waals surface area contributed by atoms with Crippen molar-refractivity contribution in [3.05, 3.63) is 40.0 Å². The van der Waals surface area contributed by atoms with Gasteiger partial charge >= 0.3 is 0 Å². The second-order valence-electron chi connectivity index (χ2n) is 3.72. The van der Waals surface area contributed by atoms with Crippen LogP contribution in [0.1, 0.15) is 30.7 Å². The third-order valence-corrected chi connectivity index (χ3v) is 2.63. The summed E-state index contributed by atoms with van der Waals surface area (Å²) in [6.07, 6.45) is 0. The first-order chi connectivity index (χ1) is 7.58. The monoisotopic (exact) mass is 235 g/mol. The number of hydrogen-bond donors (Lipinski definition) is 0. The van der Waals surface area contributed by atoms with Crippen LogP contribution in [0.15, 0.2) is 18.2 Å². The summed E-state index contributed by atoms with van der Waals surface area (Å²) in [4.78, 5) is 4.45. The Morgan fingerprint density at radius 3 is 2.25 bits per heavy atom. The highest BCUT2D eigenvalue weighted by Crippen LogP contribution is 2.26. The molecule has 16 heavy (non-hydrogen) atoms. The van der Waals surface area contributed by atoms with Crippen LogP contribution in [0.25, 0.3) is 10.9 Å². The van der Waals surface area contributed by atoms with Crippen LogP contribution in [0.4, 0.5) is 0 Å². The van der Waals surface area contributed by atoms with Gasteiger partial charge in [-0.1, -0.05) is 25.4 Å². The van der Waals surface area contributed by atoms with Gasteiger partial charge in [-0.25, -0.2) is 0 Å². The summed E-state index contributed by atoms with van der Waals surface area (Å²) in [5.74, 6) is 0. The van der Waals surface area contributed by atoms with E-state index in [2.05, 4.69) is 24.0 Å². The zero-order chi connectivity index (χ0) is 12.3. The molecular formula is C14H18ClN. The van der Waals surface area contributed by atoms with E-state index in [0.717, 1.165) is 21.6 Å². The molecule has 0 unspecified atom stereocenters. The van der Waals surface area contributed by atoms with Crippen LogP contribution in [-0.2, 0) is 0 Å². The summed E-state index contributed by atoms with van der Waals surface area (Å²) in [5.41, 5.74) is 4.34. The number of fused-ring (bicyclic) bond motifs is 1. The molecule has 0 amide bonds. The van der Waals surface area contributed by atoms with Gasteiger partial charge in [0.05, 0.1) is 10.5 Å². The minimum absolute atomic E-state index is 0.742. The smallest absolute Gasteiger partial charge is 0.0894 e. The third kappa shape index (κ3) is 2.53.